The molecule has 2 nitrogen and oxygen atoms in total. The number of fused-ring (bicyclic) bond motifs is 1. The minimum Gasteiger partial charge on any atom is -0.289 e. The molecule has 0 saturated carbocycles. The maximum absolute atomic E-state index is 11.3. The highest BCUT2D eigenvalue weighted by Crippen LogP contribution is 2.12. The zero-order valence-electron chi connectivity index (χ0n) is 6.40. The van der Waals surface area contributed by atoms with Crippen LogP contribution < -0.4 is 5.43 Å². The van der Waals surface area contributed by atoms with Gasteiger partial charge in [-0.05, 0) is 17.7 Å². The molecule has 0 unspecified atom stereocenters. The molecule has 0 aromatic rings. The lowest BCUT2D eigenvalue weighted by atomic mass is 10.1. The summed E-state index contributed by atoms with van der Waals surface area (Å²) in [6, 6.07) is 8.90. The fraction of sp³-hybridized carbons (Fsp3) is 0. The fourth-order valence-electron chi connectivity index (χ4n) is 1.16. The van der Waals surface area contributed by atoms with Crippen LogP contribution in [-0.4, -0.2) is 4.98 Å². The second-order valence-corrected chi connectivity index (χ2v) is 2.55. The molecule has 1 aliphatic heterocycles. The SMILES string of the molecule is O=c1cccc2cccncc1-2. The second-order valence-electron chi connectivity index (χ2n) is 2.55. The monoisotopic (exact) mass is 157 g/mol. The van der Waals surface area contributed by atoms with Crippen LogP contribution in [0.3, 0.4) is 0 Å². The van der Waals surface area contributed by atoms with Crippen LogP contribution in [0.4, 0.5) is 0 Å². The van der Waals surface area contributed by atoms with Crippen molar-refractivity contribution in [2.45, 2.75) is 0 Å². The molecule has 2 aliphatic rings. The van der Waals surface area contributed by atoms with Crippen molar-refractivity contribution in [1.29, 1.82) is 0 Å². The largest absolute Gasteiger partial charge is 0.289 e. The van der Waals surface area contributed by atoms with Crippen LogP contribution >= 0.6 is 0 Å². The molecule has 1 aliphatic carbocycles. The third-order valence-electron chi connectivity index (χ3n) is 1.75. The molecular weight excluding hydrogens is 150 g/mol. The first kappa shape index (κ1) is 6.98. The molecule has 1 heterocycles. The van der Waals surface area contributed by atoms with Gasteiger partial charge in [0, 0.05) is 18.0 Å². The fourth-order valence-corrected chi connectivity index (χ4v) is 1.16. The number of nitrogens with zero attached hydrogens (tertiary/aromatic N) is 1. The Morgan fingerprint density at radius 3 is 2.83 bits per heavy atom. The zero-order valence-corrected chi connectivity index (χ0v) is 6.40. The molecule has 0 aromatic heterocycles. The van der Waals surface area contributed by atoms with E-state index in [0.717, 1.165) is 5.56 Å². The molecule has 0 amide bonds. The van der Waals surface area contributed by atoms with E-state index in [9.17, 15) is 4.79 Å². The lowest BCUT2D eigenvalue weighted by Gasteiger charge is -1.94. The van der Waals surface area contributed by atoms with Crippen molar-refractivity contribution in [2.24, 2.45) is 0 Å². The summed E-state index contributed by atoms with van der Waals surface area (Å²) in [7, 11) is 0. The Morgan fingerprint density at radius 1 is 1.08 bits per heavy atom. The zero-order chi connectivity index (χ0) is 8.39. The van der Waals surface area contributed by atoms with Crippen LogP contribution in [0.25, 0.3) is 11.1 Å². The highest BCUT2D eigenvalue weighted by atomic mass is 16.1. The van der Waals surface area contributed by atoms with Gasteiger partial charge >= 0.3 is 0 Å². The van der Waals surface area contributed by atoms with Gasteiger partial charge in [0.2, 0.25) is 0 Å². The summed E-state index contributed by atoms with van der Waals surface area (Å²) in [6.45, 7) is 0. The highest BCUT2D eigenvalue weighted by molar-refractivity contribution is 5.62. The number of hydrogen-bond acceptors (Lipinski definition) is 2. The van der Waals surface area contributed by atoms with Gasteiger partial charge in [0.1, 0.15) is 0 Å². The van der Waals surface area contributed by atoms with Crippen molar-refractivity contribution in [3.63, 3.8) is 0 Å². The Kier molecular flexibility index (Phi) is 1.59. The molecule has 0 radical (unpaired) electrons. The van der Waals surface area contributed by atoms with Crippen molar-refractivity contribution in [1.82, 2.24) is 4.98 Å². The number of hydrogen-bond donors (Lipinski definition) is 0. The summed E-state index contributed by atoms with van der Waals surface area (Å²) < 4.78 is 0. The normalized spacial score (nSPS) is 10.0. The average molecular weight is 157 g/mol. The Balaban J connectivity index is 2.88. The average Bonchev–Trinajstić information content (AvgIpc) is 2.30. The summed E-state index contributed by atoms with van der Waals surface area (Å²) in [6.07, 6.45) is 3.26. The second kappa shape index (κ2) is 2.74. The van der Waals surface area contributed by atoms with E-state index < -0.39 is 0 Å². The van der Waals surface area contributed by atoms with Gasteiger partial charge in [0.15, 0.2) is 5.43 Å². The molecule has 0 fully saturated rings. The number of aromatic nitrogens is 1. The molecule has 0 spiro atoms. The Bertz CT molecular complexity index is 425. The third-order valence-corrected chi connectivity index (χ3v) is 1.75. The molecule has 2 heteroatoms. The number of benzene rings is 1. The number of rotatable bonds is 0. The van der Waals surface area contributed by atoms with E-state index in [1.165, 1.54) is 0 Å². The van der Waals surface area contributed by atoms with E-state index in [2.05, 4.69) is 4.98 Å². The summed E-state index contributed by atoms with van der Waals surface area (Å²) in [4.78, 5) is 15.2. The van der Waals surface area contributed by atoms with Gasteiger partial charge in [0.05, 0.1) is 0 Å². The molecule has 0 N–H and O–H groups in total. The van der Waals surface area contributed by atoms with E-state index in [1.54, 1.807) is 24.5 Å². The van der Waals surface area contributed by atoms with Gasteiger partial charge in [-0.3, -0.25) is 9.78 Å². The van der Waals surface area contributed by atoms with E-state index in [0.29, 0.717) is 5.56 Å². The first-order chi connectivity index (χ1) is 5.88. The summed E-state index contributed by atoms with van der Waals surface area (Å²) in [5.41, 5.74) is 1.62. The van der Waals surface area contributed by atoms with E-state index in [1.807, 2.05) is 18.2 Å². The summed E-state index contributed by atoms with van der Waals surface area (Å²) in [5, 5.41) is 0. The van der Waals surface area contributed by atoms with Crippen LogP contribution in [0.5, 0.6) is 0 Å². The van der Waals surface area contributed by atoms with Gasteiger partial charge in [-0.1, -0.05) is 18.2 Å². The molecule has 58 valence electrons. The van der Waals surface area contributed by atoms with Crippen LogP contribution in [0, 0.1) is 0 Å². The molecule has 0 bridgehead atoms. The van der Waals surface area contributed by atoms with Crippen LogP contribution in [0.1, 0.15) is 0 Å². The molecule has 12 heavy (non-hydrogen) atoms. The maximum Gasteiger partial charge on any atom is 0.187 e. The van der Waals surface area contributed by atoms with Gasteiger partial charge in [-0.2, -0.15) is 0 Å². The van der Waals surface area contributed by atoms with Gasteiger partial charge in [-0.25, -0.2) is 0 Å². The van der Waals surface area contributed by atoms with Crippen molar-refractivity contribution in [2.75, 3.05) is 0 Å². The first-order valence-corrected chi connectivity index (χ1v) is 3.71. The predicted molar refractivity (Wildman–Crippen MR) is 47.1 cm³/mol. The van der Waals surface area contributed by atoms with E-state index in [4.69, 9.17) is 0 Å². The smallest absolute Gasteiger partial charge is 0.187 e. The molecule has 0 saturated heterocycles. The summed E-state index contributed by atoms with van der Waals surface area (Å²) in [5.74, 6) is 0. The highest BCUT2D eigenvalue weighted by Gasteiger charge is 2.00. The van der Waals surface area contributed by atoms with Gasteiger partial charge in [0.25, 0.3) is 0 Å². The van der Waals surface area contributed by atoms with Crippen LogP contribution in [0.2, 0.25) is 0 Å². The Labute approximate surface area is 69.9 Å². The van der Waals surface area contributed by atoms with Crippen LogP contribution in [-0.2, 0) is 0 Å². The Morgan fingerprint density at radius 2 is 1.92 bits per heavy atom. The van der Waals surface area contributed by atoms with E-state index in [-0.39, 0.29) is 5.43 Å². The van der Waals surface area contributed by atoms with Crippen molar-refractivity contribution >= 4 is 0 Å². The van der Waals surface area contributed by atoms with Crippen LogP contribution in [0.15, 0.2) is 47.5 Å². The summed E-state index contributed by atoms with van der Waals surface area (Å²) >= 11 is 0. The third kappa shape index (κ3) is 1.07. The molecule has 2 rings (SSSR count). The molecular formula is C10H7NO. The lowest BCUT2D eigenvalue weighted by molar-refractivity contribution is 1.36. The minimum atomic E-state index is 0.0243. The van der Waals surface area contributed by atoms with E-state index >= 15 is 0 Å². The molecule has 0 aromatic carbocycles. The predicted octanol–water partition coefficient (Wildman–Crippen LogP) is 1.55. The lowest BCUT2D eigenvalue weighted by Crippen LogP contribution is -2.00. The van der Waals surface area contributed by atoms with Crippen molar-refractivity contribution < 1.29 is 0 Å². The topological polar surface area (TPSA) is 30.0 Å². The van der Waals surface area contributed by atoms with Crippen molar-refractivity contribution in [3.05, 3.63) is 52.9 Å². The first-order valence-electron chi connectivity index (χ1n) is 3.71. The standard InChI is InChI=1S/C10H7NO/c12-10-5-1-3-8-4-2-6-11-7-9(8)10/h1-7H. The molecule has 0 atom stereocenters. The quantitative estimate of drug-likeness (QED) is 0.580. The van der Waals surface area contributed by atoms with Gasteiger partial charge < -0.3 is 0 Å². The maximum atomic E-state index is 11.3. The van der Waals surface area contributed by atoms with Crippen molar-refractivity contribution in [3.8, 4) is 11.1 Å². The van der Waals surface area contributed by atoms with Gasteiger partial charge in [-0.15, -0.1) is 0 Å². The minimum absolute atomic E-state index is 0.0243. The Hall–Kier alpha value is -1.70.